The van der Waals surface area contributed by atoms with Gasteiger partial charge in [-0.05, 0) is 56.2 Å². The van der Waals surface area contributed by atoms with Gasteiger partial charge in [-0.3, -0.25) is 9.78 Å². The van der Waals surface area contributed by atoms with Gasteiger partial charge in [-0.2, -0.15) is 0 Å². The summed E-state index contributed by atoms with van der Waals surface area (Å²) in [6.07, 6.45) is 1.67. The first kappa shape index (κ1) is 18.7. The third-order valence-corrected chi connectivity index (χ3v) is 4.87. The number of rotatable bonds is 5. The number of aromatic nitrogens is 2. The van der Waals surface area contributed by atoms with E-state index in [4.69, 9.17) is 4.74 Å². The maximum Gasteiger partial charge on any atom is 0.350 e. The van der Waals surface area contributed by atoms with Crippen molar-refractivity contribution in [1.82, 2.24) is 9.97 Å². The molecule has 0 aliphatic heterocycles. The lowest BCUT2D eigenvalue weighted by Crippen LogP contribution is -2.21. The number of ether oxygens (including phenoxy) is 1. The number of thiazole rings is 1. The molecule has 27 heavy (non-hydrogen) atoms. The zero-order chi connectivity index (χ0) is 19.4. The fraction of sp³-hybridized carbons (Fsp3) is 0.200. The van der Waals surface area contributed by atoms with E-state index in [1.165, 1.54) is 11.3 Å². The zero-order valence-corrected chi connectivity index (χ0v) is 16.1. The Morgan fingerprint density at radius 1 is 1.11 bits per heavy atom. The quantitative estimate of drug-likeness (QED) is 0.677. The van der Waals surface area contributed by atoms with E-state index in [-0.39, 0.29) is 12.5 Å². The summed E-state index contributed by atoms with van der Waals surface area (Å²) in [5, 5.41) is 3.38. The highest BCUT2D eigenvalue weighted by Crippen LogP contribution is 2.26. The Bertz CT molecular complexity index is 963. The average molecular weight is 381 g/mol. The number of carbonyl (C=O) groups excluding carboxylic acids is 2. The number of nitrogens with one attached hydrogen (secondary N) is 1. The van der Waals surface area contributed by atoms with Gasteiger partial charge < -0.3 is 10.1 Å². The normalized spacial score (nSPS) is 10.5. The van der Waals surface area contributed by atoms with Crippen molar-refractivity contribution in [3.63, 3.8) is 0 Å². The Balaban J connectivity index is 1.62. The van der Waals surface area contributed by atoms with Gasteiger partial charge in [0, 0.05) is 11.9 Å². The lowest BCUT2D eigenvalue weighted by Gasteiger charge is -2.08. The molecular formula is C20H19N3O3S. The fourth-order valence-electron chi connectivity index (χ4n) is 2.63. The van der Waals surface area contributed by atoms with E-state index in [1.807, 2.05) is 50.2 Å². The van der Waals surface area contributed by atoms with Gasteiger partial charge >= 0.3 is 5.97 Å². The van der Waals surface area contributed by atoms with Crippen LogP contribution in [0, 0.1) is 20.8 Å². The predicted molar refractivity (Wildman–Crippen MR) is 105 cm³/mol. The molecule has 2 aromatic heterocycles. The highest BCUT2D eigenvalue weighted by molar-refractivity contribution is 7.17. The van der Waals surface area contributed by atoms with Crippen molar-refractivity contribution in [2.24, 2.45) is 0 Å². The first-order valence-corrected chi connectivity index (χ1v) is 9.18. The predicted octanol–water partition coefficient (Wildman–Crippen LogP) is 3.93. The Hall–Kier alpha value is -3.06. The van der Waals surface area contributed by atoms with Gasteiger partial charge in [0.1, 0.15) is 9.88 Å². The Morgan fingerprint density at radius 3 is 2.52 bits per heavy atom. The molecule has 1 amide bonds. The van der Waals surface area contributed by atoms with Gasteiger partial charge in [0.2, 0.25) is 0 Å². The third-order valence-electron chi connectivity index (χ3n) is 3.71. The van der Waals surface area contributed by atoms with Crippen molar-refractivity contribution in [1.29, 1.82) is 0 Å². The molecule has 6 nitrogen and oxygen atoms in total. The summed E-state index contributed by atoms with van der Waals surface area (Å²) in [6, 6.07) is 11.2. The maximum absolute atomic E-state index is 12.3. The minimum absolute atomic E-state index is 0.359. The van der Waals surface area contributed by atoms with Crippen molar-refractivity contribution in [2.75, 3.05) is 11.9 Å². The van der Waals surface area contributed by atoms with Gasteiger partial charge in [-0.1, -0.05) is 12.1 Å². The zero-order valence-electron chi connectivity index (χ0n) is 15.3. The third kappa shape index (κ3) is 4.77. The number of esters is 1. The average Bonchev–Trinajstić information content (AvgIpc) is 3.01. The molecule has 3 rings (SSSR count). The molecule has 138 valence electrons. The molecule has 0 saturated heterocycles. The number of nitrogens with zero attached hydrogens (tertiary/aromatic N) is 2. The van der Waals surface area contributed by atoms with Gasteiger partial charge in [0.05, 0.1) is 11.4 Å². The minimum Gasteiger partial charge on any atom is -0.451 e. The molecule has 0 saturated carbocycles. The molecule has 0 spiro atoms. The minimum atomic E-state index is -0.567. The summed E-state index contributed by atoms with van der Waals surface area (Å²) in [5.74, 6) is -0.955. The number of hydrogen-bond donors (Lipinski definition) is 1. The summed E-state index contributed by atoms with van der Waals surface area (Å²) in [4.78, 5) is 33.4. The smallest absolute Gasteiger partial charge is 0.350 e. The number of carbonyl (C=O) groups is 2. The van der Waals surface area contributed by atoms with Gasteiger partial charge in [-0.15, -0.1) is 11.3 Å². The Morgan fingerprint density at radius 2 is 1.85 bits per heavy atom. The fourth-order valence-corrected chi connectivity index (χ4v) is 3.56. The van der Waals surface area contributed by atoms with Crippen LogP contribution >= 0.6 is 11.3 Å². The molecule has 0 aliphatic carbocycles. The van der Waals surface area contributed by atoms with Crippen LogP contribution in [0.4, 0.5) is 5.69 Å². The number of hydrogen-bond acceptors (Lipinski definition) is 6. The maximum atomic E-state index is 12.3. The molecule has 0 aliphatic rings. The molecule has 1 aromatic carbocycles. The van der Waals surface area contributed by atoms with Crippen LogP contribution in [0.1, 0.15) is 26.5 Å². The summed E-state index contributed by atoms with van der Waals surface area (Å²) in [6.45, 7) is 5.28. The molecule has 3 aromatic rings. The summed E-state index contributed by atoms with van der Waals surface area (Å²) in [7, 11) is 0. The highest BCUT2D eigenvalue weighted by atomic mass is 32.1. The second-order valence-electron chi connectivity index (χ2n) is 6.15. The van der Waals surface area contributed by atoms with E-state index >= 15 is 0 Å². The van der Waals surface area contributed by atoms with Crippen LogP contribution in [0.5, 0.6) is 0 Å². The summed E-state index contributed by atoms with van der Waals surface area (Å²) in [5.41, 5.74) is 4.02. The lowest BCUT2D eigenvalue weighted by atomic mass is 10.1. The molecule has 0 unspecified atom stereocenters. The van der Waals surface area contributed by atoms with Gasteiger partial charge in [-0.25, -0.2) is 9.78 Å². The number of anilines is 1. The van der Waals surface area contributed by atoms with Gasteiger partial charge in [0.15, 0.2) is 6.61 Å². The lowest BCUT2D eigenvalue weighted by molar-refractivity contribution is -0.119. The van der Waals surface area contributed by atoms with Crippen molar-refractivity contribution < 1.29 is 14.3 Å². The molecule has 0 bridgehead atoms. The molecule has 1 N–H and O–H groups in total. The summed E-state index contributed by atoms with van der Waals surface area (Å²) >= 11 is 1.20. The Kier molecular flexibility index (Phi) is 5.61. The molecule has 0 radical (unpaired) electrons. The monoisotopic (exact) mass is 381 g/mol. The van der Waals surface area contributed by atoms with E-state index in [9.17, 15) is 9.59 Å². The molecule has 7 heteroatoms. The van der Waals surface area contributed by atoms with Crippen LogP contribution < -0.4 is 5.32 Å². The van der Waals surface area contributed by atoms with Crippen molar-refractivity contribution in [2.45, 2.75) is 20.8 Å². The van der Waals surface area contributed by atoms with Crippen LogP contribution in [0.15, 0.2) is 42.6 Å². The van der Waals surface area contributed by atoms with Crippen molar-refractivity contribution >= 4 is 28.9 Å². The number of benzene rings is 1. The van der Waals surface area contributed by atoms with E-state index in [0.29, 0.717) is 27.0 Å². The first-order chi connectivity index (χ1) is 12.9. The molecule has 0 fully saturated rings. The van der Waals surface area contributed by atoms with Gasteiger partial charge in [0.25, 0.3) is 5.91 Å². The van der Waals surface area contributed by atoms with Crippen LogP contribution in [0.3, 0.4) is 0 Å². The molecule has 0 atom stereocenters. The SMILES string of the molecule is Cc1cc(C)cc(NC(=O)COC(=O)c2sc(-c3ccccn3)nc2C)c1. The van der Waals surface area contributed by atoms with Crippen LogP contribution in [-0.2, 0) is 9.53 Å². The van der Waals surface area contributed by atoms with Crippen molar-refractivity contribution in [3.8, 4) is 10.7 Å². The second-order valence-corrected chi connectivity index (χ2v) is 7.15. The number of aryl methyl sites for hydroxylation is 3. The Labute approximate surface area is 161 Å². The van der Waals surface area contributed by atoms with Crippen molar-refractivity contribution in [3.05, 3.63) is 64.3 Å². The van der Waals surface area contributed by atoms with Crippen LogP contribution in [0.2, 0.25) is 0 Å². The van der Waals surface area contributed by atoms with Crippen LogP contribution in [-0.4, -0.2) is 28.5 Å². The molecular weight excluding hydrogens is 362 g/mol. The summed E-state index contributed by atoms with van der Waals surface area (Å²) < 4.78 is 5.15. The van der Waals surface area contributed by atoms with Crippen LogP contribution in [0.25, 0.3) is 10.7 Å². The highest BCUT2D eigenvalue weighted by Gasteiger charge is 2.19. The second kappa shape index (κ2) is 8.09. The molecule has 2 heterocycles. The van der Waals surface area contributed by atoms with E-state index in [0.717, 1.165) is 11.1 Å². The van der Waals surface area contributed by atoms with E-state index < -0.39 is 5.97 Å². The standard InChI is InChI=1S/C20H19N3O3S/c1-12-8-13(2)10-15(9-12)23-17(24)11-26-20(25)18-14(3)22-19(27-18)16-6-4-5-7-21-16/h4-10H,11H2,1-3H3,(H,23,24). The number of amides is 1. The number of pyridine rings is 1. The van der Waals surface area contributed by atoms with E-state index in [1.54, 1.807) is 13.1 Å². The first-order valence-electron chi connectivity index (χ1n) is 8.36. The van der Waals surface area contributed by atoms with E-state index in [2.05, 4.69) is 15.3 Å². The largest absolute Gasteiger partial charge is 0.451 e. The topological polar surface area (TPSA) is 81.2 Å².